The first kappa shape index (κ1) is 18.5. The molecule has 0 N–H and O–H groups in total. The normalized spacial score (nSPS) is 10.8. The molecule has 0 amide bonds. The van der Waals surface area contributed by atoms with E-state index in [9.17, 15) is 4.79 Å². The summed E-state index contributed by atoms with van der Waals surface area (Å²) in [6.07, 6.45) is 0. The number of aromatic nitrogens is 2. The smallest absolute Gasteiger partial charge is 0.337 e. The highest BCUT2D eigenvalue weighted by Gasteiger charge is 2.15. The van der Waals surface area contributed by atoms with Crippen molar-refractivity contribution in [2.75, 3.05) is 0 Å². The van der Waals surface area contributed by atoms with Gasteiger partial charge in [0, 0.05) is 10.9 Å². The van der Waals surface area contributed by atoms with Crippen LogP contribution >= 0.6 is 23.0 Å². The maximum atomic E-state index is 11.7. The highest BCUT2D eigenvalue weighted by Crippen LogP contribution is 2.30. The molecule has 0 radical (unpaired) electrons. The van der Waals surface area contributed by atoms with Crippen LogP contribution < -0.4 is 4.74 Å². The minimum absolute atomic E-state index is 0.0631. The molecule has 0 atom stereocenters. The van der Waals surface area contributed by atoms with Crippen LogP contribution in [0.5, 0.6) is 5.75 Å². The molecule has 1 heterocycles. The number of halogens is 1. The third-order valence-electron chi connectivity index (χ3n) is 4.38. The van der Waals surface area contributed by atoms with Crippen molar-refractivity contribution < 1.29 is 12.6 Å². The van der Waals surface area contributed by atoms with Crippen LogP contribution in [-0.2, 0) is 21.0 Å². The number of carbonyl (C=O) groups is 1. The lowest BCUT2D eigenvalue weighted by atomic mass is 10.1. The Morgan fingerprint density at radius 2 is 1.75 bits per heavy atom. The fourth-order valence-electron chi connectivity index (χ4n) is 3.08. The maximum absolute atomic E-state index is 11.7. The number of hydrogen-bond acceptors (Lipinski definition) is 4. The summed E-state index contributed by atoms with van der Waals surface area (Å²) in [7, 11) is 0. The molecule has 5 nitrogen and oxygen atoms in total. The first-order valence-corrected chi connectivity index (χ1v) is 9.67. The lowest BCUT2D eigenvalue weighted by Gasteiger charge is -2.07. The van der Waals surface area contributed by atoms with Gasteiger partial charge in [-0.1, -0.05) is 60.7 Å². The first-order valence-electron chi connectivity index (χ1n) is 8.79. The molecule has 0 saturated heterocycles. The Bertz CT molecular complexity index is 1110. The summed E-state index contributed by atoms with van der Waals surface area (Å²) in [4.78, 5) is 11.7. The predicted octanol–water partition coefficient (Wildman–Crippen LogP) is 5.18. The topological polar surface area (TPSA) is 53.4 Å². The molecule has 3 aromatic carbocycles. The van der Waals surface area contributed by atoms with Crippen molar-refractivity contribution in [3.63, 3.8) is 0 Å². The van der Waals surface area contributed by atoms with Gasteiger partial charge in [-0.2, -0.15) is 5.10 Å². The summed E-state index contributed by atoms with van der Waals surface area (Å²) >= 11 is 1.59. The second-order valence-electron chi connectivity index (χ2n) is 6.27. The molecule has 0 aliphatic rings. The Morgan fingerprint density at radius 1 is 0.964 bits per heavy atom. The summed E-state index contributed by atoms with van der Waals surface area (Å²) in [5, 5.41) is 5.64. The molecule has 28 heavy (non-hydrogen) atoms. The van der Waals surface area contributed by atoms with Crippen LogP contribution in [-0.4, -0.2) is 15.7 Å². The van der Waals surface area contributed by atoms with Gasteiger partial charge in [0.05, 0.1) is 5.52 Å². The maximum Gasteiger partial charge on any atom is 0.337 e. The van der Waals surface area contributed by atoms with E-state index in [0.717, 1.165) is 33.5 Å². The van der Waals surface area contributed by atoms with E-state index in [-0.39, 0.29) is 12.5 Å². The molecule has 1 aromatic heterocycles. The highest BCUT2D eigenvalue weighted by molar-refractivity contribution is 14.1. The van der Waals surface area contributed by atoms with Gasteiger partial charge in [0.2, 0.25) is 0 Å². The van der Waals surface area contributed by atoms with Crippen molar-refractivity contribution in [2.45, 2.75) is 13.2 Å². The monoisotopic (exact) mass is 484 g/mol. The van der Waals surface area contributed by atoms with Crippen LogP contribution in [0.15, 0.2) is 78.9 Å². The van der Waals surface area contributed by atoms with E-state index in [1.165, 1.54) is 0 Å². The molecule has 4 rings (SSSR count). The largest absolute Gasteiger partial charge is 0.489 e. The van der Waals surface area contributed by atoms with Crippen molar-refractivity contribution in [2.24, 2.45) is 0 Å². The van der Waals surface area contributed by atoms with E-state index in [4.69, 9.17) is 7.80 Å². The number of fused-ring (bicyclic) bond motifs is 1. The second kappa shape index (κ2) is 8.43. The van der Waals surface area contributed by atoms with E-state index in [1.54, 1.807) is 27.7 Å². The lowest BCUT2D eigenvalue weighted by molar-refractivity contribution is -0.132. The zero-order valence-electron chi connectivity index (χ0n) is 14.9. The van der Waals surface area contributed by atoms with Gasteiger partial charge in [0.25, 0.3) is 0 Å². The molecule has 0 saturated carbocycles. The highest BCUT2D eigenvalue weighted by atomic mass is 127. The van der Waals surface area contributed by atoms with Gasteiger partial charge in [0.15, 0.2) is 23.0 Å². The van der Waals surface area contributed by atoms with Crippen LogP contribution in [0, 0.1) is 0 Å². The van der Waals surface area contributed by atoms with E-state index in [2.05, 4.69) is 5.10 Å². The van der Waals surface area contributed by atoms with Crippen LogP contribution in [0.1, 0.15) is 5.56 Å². The lowest BCUT2D eigenvalue weighted by Crippen LogP contribution is -2.10. The average Bonchev–Trinajstić information content (AvgIpc) is 3.12. The third kappa shape index (κ3) is 4.01. The Hall–Kier alpha value is -2.87. The number of hydrogen-bond donors (Lipinski definition) is 0. The van der Waals surface area contributed by atoms with Crippen molar-refractivity contribution in [1.82, 2.24) is 9.78 Å². The molecule has 0 unspecified atom stereocenters. The molecular weight excluding hydrogens is 467 g/mol. The summed E-state index contributed by atoms with van der Waals surface area (Å²) in [5.41, 5.74) is 3.74. The van der Waals surface area contributed by atoms with Crippen molar-refractivity contribution in [3.8, 4) is 17.0 Å². The average molecular weight is 484 g/mol. The van der Waals surface area contributed by atoms with Crippen molar-refractivity contribution in [3.05, 3.63) is 84.4 Å². The molecule has 0 aliphatic carbocycles. The molecule has 4 aromatic rings. The molecule has 0 aliphatic heterocycles. The molecular formula is C22H17IN2O3. The number of ether oxygens (including phenoxy) is 1. The minimum atomic E-state index is -0.347. The molecule has 6 heteroatoms. The minimum Gasteiger partial charge on any atom is -0.489 e. The number of nitrogens with zero attached hydrogens (tertiary/aromatic N) is 2. The molecule has 140 valence electrons. The quantitative estimate of drug-likeness (QED) is 0.354. The predicted molar refractivity (Wildman–Crippen MR) is 116 cm³/mol. The summed E-state index contributed by atoms with van der Waals surface area (Å²) in [6.45, 7) is 0.564. The summed E-state index contributed by atoms with van der Waals surface area (Å²) in [6, 6.07) is 25.7. The Morgan fingerprint density at radius 3 is 2.57 bits per heavy atom. The van der Waals surface area contributed by atoms with Crippen LogP contribution in [0.25, 0.3) is 22.2 Å². The zero-order valence-corrected chi connectivity index (χ0v) is 17.1. The standard InChI is InChI=1S/C22H17IN2O3/c23-28-21(26)14-25-20-12-5-4-11-19(20)22(24-25)17-9-6-10-18(13-17)27-15-16-7-2-1-3-8-16/h1-13H,14-15H2. The van der Waals surface area contributed by atoms with Crippen molar-refractivity contribution >= 4 is 39.9 Å². The number of carbonyl (C=O) groups excluding carboxylic acids is 1. The third-order valence-corrected chi connectivity index (χ3v) is 4.87. The Labute approximate surface area is 176 Å². The summed E-state index contributed by atoms with van der Waals surface area (Å²) in [5.74, 6) is 0.423. The van der Waals surface area contributed by atoms with Crippen molar-refractivity contribution in [1.29, 1.82) is 0 Å². The summed E-state index contributed by atoms with van der Waals surface area (Å²) < 4.78 is 12.4. The number of para-hydroxylation sites is 1. The van der Waals surface area contributed by atoms with Crippen LogP contribution in [0.2, 0.25) is 0 Å². The van der Waals surface area contributed by atoms with Gasteiger partial charge >= 0.3 is 5.97 Å². The van der Waals surface area contributed by atoms with Crippen LogP contribution in [0.3, 0.4) is 0 Å². The fourth-order valence-corrected chi connectivity index (χ4v) is 3.22. The van der Waals surface area contributed by atoms with E-state index in [0.29, 0.717) is 6.61 Å². The Balaban J connectivity index is 1.65. The van der Waals surface area contributed by atoms with Crippen LogP contribution in [0.4, 0.5) is 0 Å². The fraction of sp³-hybridized carbons (Fsp3) is 0.0909. The van der Waals surface area contributed by atoms with E-state index >= 15 is 0 Å². The number of benzene rings is 3. The molecule has 0 spiro atoms. The number of rotatable bonds is 6. The Kier molecular flexibility index (Phi) is 5.57. The van der Waals surface area contributed by atoms with Gasteiger partial charge in [-0.25, -0.2) is 4.79 Å². The van der Waals surface area contributed by atoms with Gasteiger partial charge in [-0.3, -0.25) is 4.68 Å². The zero-order chi connectivity index (χ0) is 19.3. The van der Waals surface area contributed by atoms with Gasteiger partial charge < -0.3 is 7.80 Å². The van der Waals surface area contributed by atoms with Gasteiger partial charge in [-0.05, 0) is 23.8 Å². The molecule has 0 bridgehead atoms. The van der Waals surface area contributed by atoms with Gasteiger partial charge in [-0.15, -0.1) is 0 Å². The van der Waals surface area contributed by atoms with Gasteiger partial charge in [0.1, 0.15) is 24.6 Å². The first-order chi connectivity index (χ1) is 13.7. The second-order valence-corrected chi connectivity index (χ2v) is 6.72. The molecule has 0 fully saturated rings. The van der Waals surface area contributed by atoms with E-state index < -0.39 is 0 Å². The van der Waals surface area contributed by atoms with E-state index in [1.807, 2.05) is 78.9 Å². The SMILES string of the molecule is O=C(Cn1nc(-c2cccc(OCc3ccccc3)c2)c2ccccc21)OI.